The molecule has 147 valence electrons. The van der Waals surface area contributed by atoms with Gasteiger partial charge in [0.15, 0.2) is 23.8 Å². The molecule has 1 radical (unpaired) electrons. The Morgan fingerprint density at radius 2 is 2.25 bits per heavy atom. The number of imidazole rings is 1. The quantitative estimate of drug-likeness (QED) is 0.392. The van der Waals surface area contributed by atoms with Gasteiger partial charge in [-0.3, -0.25) is 18.4 Å². The standard InChI is InChI=1S/C14H18N5O7P.Na/c1-2-3-8(20)25-11-10-7(4-23-27(21,22)26-10)24-14(11)19-6-18-9-12(15)16-5-17-13(9)19;/h5-7,10-11,14H,2-4H2,1H3,(H,21,22)(H2,15,16,17);/t7-,10-,11-,14-;/m1./s1. The van der Waals surface area contributed by atoms with Gasteiger partial charge < -0.3 is 20.1 Å². The number of carbonyl (C=O) groups is 1. The van der Waals surface area contributed by atoms with E-state index in [4.69, 9.17) is 24.3 Å². The van der Waals surface area contributed by atoms with Crippen LogP contribution in [0, 0.1) is 0 Å². The molecule has 3 N–H and O–H groups in total. The van der Waals surface area contributed by atoms with E-state index in [1.807, 2.05) is 6.92 Å². The molecule has 0 amide bonds. The average Bonchev–Trinajstić information content (AvgIpc) is 3.17. The number of phosphoric ester groups is 1. The number of hydrogen-bond acceptors (Lipinski definition) is 10. The van der Waals surface area contributed by atoms with Gasteiger partial charge in [-0.25, -0.2) is 19.5 Å². The van der Waals surface area contributed by atoms with Gasteiger partial charge in [0.1, 0.15) is 24.1 Å². The number of carbonyl (C=O) groups excluding carboxylic acids is 1. The first-order chi connectivity index (χ1) is 12.9. The van der Waals surface area contributed by atoms with E-state index < -0.39 is 38.3 Å². The van der Waals surface area contributed by atoms with E-state index >= 15 is 0 Å². The molecule has 2 aromatic heterocycles. The number of phosphoric acid groups is 1. The Hall–Kier alpha value is -1.11. The second kappa shape index (κ2) is 8.33. The summed E-state index contributed by atoms with van der Waals surface area (Å²) in [6.07, 6.45) is -0.0833. The maximum atomic E-state index is 12.1. The van der Waals surface area contributed by atoms with Gasteiger partial charge >= 0.3 is 13.8 Å². The molecule has 12 nitrogen and oxygen atoms in total. The van der Waals surface area contributed by atoms with E-state index in [1.165, 1.54) is 17.2 Å². The van der Waals surface area contributed by atoms with E-state index in [1.54, 1.807) is 0 Å². The van der Waals surface area contributed by atoms with Crippen molar-refractivity contribution < 1.29 is 32.8 Å². The molecule has 0 spiro atoms. The topological polar surface area (TPSA) is 161 Å². The summed E-state index contributed by atoms with van der Waals surface area (Å²) in [6, 6.07) is 0. The Labute approximate surface area is 181 Å². The Morgan fingerprint density at radius 1 is 1.46 bits per heavy atom. The summed E-state index contributed by atoms with van der Waals surface area (Å²) in [7, 11) is -4.25. The summed E-state index contributed by atoms with van der Waals surface area (Å²) < 4.78 is 34.8. The molecule has 5 atom stereocenters. The van der Waals surface area contributed by atoms with Crippen molar-refractivity contribution >= 4 is 60.3 Å². The molecule has 0 aromatic carbocycles. The first kappa shape index (κ1) is 21.6. The Kier molecular flexibility index (Phi) is 6.42. The van der Waals surface area contributed by atoms with Gasteiger partial charge in [-0.15, -0.1) is 0 Å². The molecule has 4 heterocycles. The SMILES string of the molecule is CCCC(=O)O[C@@H]1[C@@H]2OP(=O)(O)OC[C@H]2O[C@H]1n1cnc2c(N)ncnc21.[Na]. The normalized spacial score (nSPS) is 31.9. The summed E-state index contributed by atoms with van der Waals surface area (Å²) in [5.74, 6) is -0.286. The smallest absolute Gasteiger partial charge is 0.455 e. The molecule has 2 saturated heterocycles. The van der Waals surface area contributed by atoms with E-state index in [0.29, 0.717) is 17.6 Å². The third-order valence-electron chi connectivity index (χ3n) is 4.33. The zero-order valence-electron chi connectivity index (χ0n) is 15.3. The predicted molar refractivity (Wildman–Crippen MR) is 94.8 cm³/mol. The monoisotopic (exact) mass is 422 g/mol. The van der Waals surface area contributed by atoms with Crippen LogP contribution in [0.5, 0.6) is 0 Å². The van der Waals surface area contributed by atoms with Gasteiger partial charge in [-0.2, -0.15) is 0 Å². The average molecular weight is 422 g/mol. The minimum absolute atomic E-state index is 0. The van der Waals surface area contributed by atoms with Crippen LogP contribution < -0.4 is 5.73 Å². The largest absolute Gasteiger partial charge is 0.472 e. The number of nitrogens with two attached hydrogens (primary N) is 1. The Morgan fingerprint density at radius 3 is 3.00 bits per heavy atom. The number of aromatic nitrogens is 4. The molecule has 0 saturated carbocycles. The molecule has 0 aliphatic carbocycles. The molecular formula is C14H18N5NaO7P. The fourth-order valence-electron chi connectivity index (χ4n) is 3.14. The van der Waals surface area contributed by atoms with Crippen molar-refractivity contribution in [2.75, 3.05) is 12.3 Å². The molecule has 28 heavy (non-hydrogen) atoms. The van der Waals surface area contributed by atoms with Crippen molar-refractivity contribution in [3.05, 3.63) is 12.7 Å². The van der Waals surface area contributed by atoms with Gasteiger partial charge in [0.2, 0.25) is 0 Å². The van der Waals surface area contributed by atoms with Crippen LogP contribution in [0.1, 0.15) is 26.0 Å². The first-order valence-electron chi connectivity index (χ1n) is 8.33. The van der Waals surface area contributed by atoms with Gasteiger partial charge in [-0.05, 0) is 6.42 Å². The molecule has 2 fully saturated rings. The first-order valence-corrected chi connectivity index (χ1v) is 9.83. The number of rotatable bonds is 4. The van der Waals surface area contributed by atoms with Crippen LogP contribution in [0.3, 0.4) is 0 Å². The van der Waals surface area contributed by atoms with Gasteiger partial charge in [0.25, 0.3) is 0 Å². The number of anilines is 1. The number of esters is 1. The predicted octanol–water partition coefficient (Wildman–Crippen LogP) is 0.153. The number of hydrogen-bond donors (Lipinski definition) is 2. The number of nitrogens with zero attached hydrogens (tertiary/aromatic N) is 4. The second-order valence-corrected chi connectivity index (χ2v) is 7.59. The van der Waals surface area contributed by atoms with E-state index in [-0.39, 0.29) is 48.4 Å². The molecule has 0 bridgehead atoms. The fraction of sp³-hybridized carbons (Fsp3) is 0.571. The van der Waals surface area contributed by atoms with Crippen molar-refractivity contribution in [1.29, 1.82) is 0 Å². The van der Waals surface area contributed by atoms with Crippen molar-refractivity contribution in [2.24, 2.45) is 0 Å². The van der Waals surface area contributed by atoms with Crippen LogP contribution in [-0.4, -0.2) is 84.9 Å². The number of fused-ring (bicyclic) bond motifs is 2. The minimum Gasteiger partial charge on any atom is -0.455 e. The molecule has 2 aliphatic rings. The van der Waals surface area contributed by atoms with Gasteiger partial charge in [0, 0.05) is 36.0 Å². The van der Waals surface area contributed by atoms with Crippen LogP contribution in [0.4, 0.5) is 5.82 Å². The molecule has 1 unspecified atom stereocenters. The van der Waals surface area contributed by atoms with Gasteiger partial charge in [0.05, 0.1) is 12.9 Å². The molecule has 2 aromatic rings. The molecular weight excluding hydrogens is 404 g/mol. The minimum atomic E-state index is -4.25. The summed E-state index contributed by atoms with van der Waals surface area (Å²) in [5.41, 5.74) is 6.54. The summed E-state index contributed by atoms with van der Waals surface area (Å²) in [4.78, 5) is 34.0. The van der Waals surface area contributed by atoms with Crippen molar-refractivity contribution in [1.82, 2.24) is 19.5 Å². The van der Waals surface area contributed by atoms with E-state index in [2.05, 4.69) is 15.0 Å². The van der Waals surface area contributed by atoms with Gasteiger partial charge in [-0.1, -0.05) is 6.92 Å². The van der Waals surface area contributed by atoms with Crippen molar-refractivity contribution in [3.63, 3.8) is 0 Å². The maximum absolute atomic E-state index is 12.1. The van der Waals surface area contributed by atoms with Crippen LogP contribution in [0.25, 0.3) is 11.2 Å². The number of ether oxygens (including phenoxy) is 2. The molecule has 14 heteroatoms. The van der Waals surface area contributed by atoms with Crippen LogP contribution in [0.2, 0.25) is 0 Å². The third-order valence-corrected chi connectivity index (χ3v) is 5.31. The maximum Gasteiger partial charge on any atom is 0.472 e. The zero-order valence-corrected chi connectivity index (χ0v) is 18.2. The van der Waals surface area contributed by atoms with Crippen LogP contribution in [0.15, 0.2) is 12.7 Å². The van der Waals surface area contributed by atoms with E-state index in [9.17, 15) is 14.3 Å². The van der Waals surface area contributed by atoms with Crippen LogP contribution >= 0.6 is 7.82 Å². The molecule has 2 aliphatic heterocycles. The summed E-state index contributed by atoms with van der Waals surface area (Å²) >= 11 is 0. The zero-order chi connectivity index (χ0) is 19.2. The summed E-state index contributed by atoms with van der Waals surface area (Å²) in [5, 5.41) is 0. The summed E-state index contributed by atoms with van der Waals surface area (Å²) in [6.45, 7) is 1.66. The second-order valence-electron chi connectivity index (χ2n) is 6.19. The molecule has 4 rings (SSSR count). The Bertz CT molecular complexity index is 927. The van der Waals surface area contributed by atoms with Crippen molar-refractivity contribution in [3.8, 4) is 0 Å². The van der Waals surface area contributed by atoms with E-state index in [0.717, 1.165) is 0 Å². The fourth-order valence-corrected chi connectivity index (χ4v) is 4.10. The van der Waals surface area contributed by atoms with Crippen molar-refractivity contribution in [2.45, 2.75) is 44.3 Å². The number of nitrogen functional groups attached to an aromatic ring is 1. The van der Waals surface area contributed by atoms with Crippen LogP contribution in [-0.2, 0) is 27.9 Å². The third kappa shape index (κ3) is 3.96. The Balaban J connectivity index is 0.00000225.